The fraction of sp³-hybridized carbons (Fsp3) is 0.158. The van der Waals surface area contributed by atoms with Crippen LogP contribution < -0.4 is 14.9 Å². The molecule has 2 aromatic carbocycles. The van der Waals surface area contributed by atoms with Gasteiger partial charge in [0, 0.05) is 28.6 Å². The molecule has 0 aliphatic heterocycles. The number of ether oxygens (including phenoxy) is 2. The van der Waals surface area contributed by atoms with Gasteiger partial charge >= 0.3 is 0 Å². The number of hydrazone groups is 1. The second-order valence-electron chi connectivity index (χ2n) is 5.72. The average Bonchev–Trinajstić information content (AvgIpc) is 3.20. The molecular formula is C19H18N4O4S. The van der Waals surface area contributed by atoms with Gasteiger partial charge in [0.2, 0.25) is 5.13 Å². The first-order valence-electron chi connectivity index (χ1n) is 8.25. The van der Waals surface area contributed by atoms with Crippen LogP contribution in [0, 0.1) is 10.1 Å². The van der Waals surface area contributed by atoms with E-state index in [0.29, 0.717) is 27.9 Å². The Labute approximate surface area is 165 Å². The van der Waals surface area contributed by atoms with Gasteiger partial charge in [-0.1, -0.05) is 12.1 Å². The number of hydrogen-bond donors (Lipinski definition) is 1. The average molecular weight is 398 g/mol. The summed E-state index contributed by atoms with van der Waals surface area (Å²) in [5, 5.41) is 17.7. The summed E-state index contributed by atoms with van der Waals surface area (Å²) < 4.78 is 10.5. The first-order chi connectivity index (χ1) is 13.5. The highest BCUT2D eigenvalue weighted by atomic mass is 32.1. The maximum absolute atomic E-state index is 10.9. The number of rotatable bonds is 7. The molecule has 0 saturated heterocycles. The number of nitro benzene ring substituents is 1. The quantitative estimate of drug-likeness (QED) is 0.355. The Morgan fingerprint density at radius 1 is 1.18 bits per heavy atom. The lowest BCUT2D eigenvalue weighted by Crippen LogP contribution is -2.01. The lowest BCUT2D eigenvalue weighted by atomic mass is 10.1. The van der Waals surface area contributed by atoms with Crippen LogP contribution in [0.3, 0.4) is 0 Å². The topological polar surface area (TPSA) is 98.9 Å². The summed E-state index contributed by atoms with van der Waals surface area (Å²) in [7, 11) is 3.17. The molecule has 3 aromatic rings. The summed E-state index contributed by atoms with van der Waals surface area (Å²) >= 11 is 1.37. The molecule has 1 aromatic heterocycles. The number of nitrogens with zero attached hydrogens (tertiary/aromatic N) is 3. The molecule has 144 valence electrons. The maximum Gasteiger partial charge on any atom is 0.270 e. The summed E-state index contributed by atoms with van der Waals surface area (Å²) in [6.45, 7) is 1.86. The number of thiazole rings is 1. The van der Waals surface area contributed by atoms with Crippen LogP contribution in [-0.4, -0.2) is 29.8 Å². The van der Waals surface area contributed by atoms with Crippen LogP contribution in [0.2, 0.25) is 0 Å². The van der Waals surface area contributed by atoms with Crippen molar-refractivity contribution in [2.75, 3.05) is 19.6 Å². The fourth-order valence-corrected chi connectivity index (χ4v) is 3.16. The molecule has 0 fully saturated rings. The second kappa shape index (κ2) is 8.49. The highest BCUT2D eigenvalue weighted by molar-refractivity contribution is 7.14. The number of non-ortho nitro benzene ring substituents is 1. The van der Waals surface area contributed by atoms with Crippen molar-refractivity contribution >= 4 is 27.9 Å². The molecular weight excluding hydrogens is 380 g/mol. The maximum atomic E-state index is 10.9. The highest BCUT2D eigenvalue weighted by Crippen LogP contribution is 2.29. The van der Waals surface area contributed by atoms with E-state index in [4.69, 9.17) is 9.47 Å². The number of nitro groups is 1. The van der Waals surface area contributed by atoms with Gasteiger partial charge in [-0.2, -0.15) is 5.10 Å². The number of methoxy groups -OCH3 is 2. The third-order valence-electron chi connectivity index (χ3n) is 3.98. The first kappa shape index (κ1) is 19.3. The molecule has 8 nitrogen and oxygen atoms in total. The van der Waals surface area contributed by atoms with Crippen molar-refractivity contribution in [1.82, 2.24) is 4.98 Å². The number of anilines is 1. The predicted molar refractivity (Wildman–Crippen MR) is 110 cm³/mol. The third-order valence-corrected chi connectivity index (χ3v) is 4.72. The molecule has 0 amide bonds. The summed E-state index contributed by atoms with van der Waals surface area (Å²) in [6.07, 6.45) is 0. The Kier molecular flexibility index (Phi) is 5.85. The van der Waals surface area contributed by atoms with Gasteiger partial charge in [0.1, 0.15) is 0 Å². The summed E-state index contributed by atoms with van der Waals surface area (Å²) in [4.78, 5) is 14.9. The largest absolute Gasteiger partial charge is 0.493 e. The van der Waals surface area contributed by atoms with Crippen molar-refractivity contribution in [2.45, 2.75) is 6.92 Å². The van der Waals surface area contributed by atoms with Crippen molar-refractivity contribution in [3.63, 3.8) is 0 Å². The van der Waals surface area contributed by atoms with Gasteiger partial charge in [-0.25, -0.2) is 4.98 Å². The molecule has 9 heteroatoms. The van der Waals surface area contributed by atoms with Crippen molar-refractivity contribution in [3.05, 3.63) is 63.5 Å². The van der Waals surface area contributed by atoms with Crippen LogP contribution in [0.5, 0.6) is 11.5 Å². The van der Waals surface area contributed by atoms with Crippen LogP contribution in [0.25, 0.3) is 11.3 Å². The van der Waals surface area contributed by atoms with Crippen molar-refractivity contribution in [2.24, 2.45) is 5.10 Å². The van der Waals surface area contributed by atoms with Gasteiger partial charge < -0.3 is 9.47 Å². The SMILES string of the molecule is COc1ccc(/C(C)=N\Nc2nc(-c3cccc([N+](=O)[O-])c3)cs2)cc1OC. The lowest BCUT2D eigenvalue weighted by molar-refractivity contribution is -0.384. The van der Waals surface area contributed by atoms with Gasteiger partial charge in [-0.3, -0.25) is 15.5 Å². The van der Waals surface area contributed by atoms with E-state index in [-0.39, 0.29) is 5.69 Å². The molecule has 28 heavy (non-hydrogen) atoms. The van der Waals surface area contributed by atoms with Crippen molar-refractivity contribution in [3.8, 4) is 22.8 Å². The van der Waals surface area contributed by atoms with E-state index in [1.807, 2.05) is 30.5 Å². The Morgan fingerprint density at radius 3 is 2.68 bits per heavy atom. The summed E-state index contributed by atoms with van der Waals surface area (Å²) in [6, 6.07) is 11.9. The minimum Gasteiger partial charge on any atom is -0.493 e. The minimum absolute atomic E-state index is 0.0299. The van der Waals surface area contributed by atoms with Gasteiger partial charge in [0.15, 0.2) is 11.5 Å². The zero-order valence-corrected chi connectivity index (χ0v) is 16.3. The van der Waals surface area contributed by atoms with E-state index in [1.54, 1.807) is 26.4 Å². The summed E-state index contributed by atoms with van der Waals surface area (Å²) in [5.74, 6) is 1.27. The van der Waals surface area contributed by atoms with Gasteiger partial charge in [0.05, 0.1) is 30.5 Å². The number of benzene rings is 2. The molecule has 1 heterocycles. The Balaban J connectivity index is 1.76. The molecule has 1 N–H and O–H groups in total. The third kappa shape index (κ3) is 4.26. The van der Waals surface area contributed by atoms with Crippen molar-refractivity contribution < 1.29 is 14.4 Å². The fourth-order valence-electron chi connectivity index (χ4n) is 2.49. The highest BCUT2D eigenvalue weighted by Gasteiger charge is 2.10. The van der Waals surface area contributed by atoms with E-state index >= 15 is 0 Å². The number of hydrogen-bond acceptors (Lipinski definition) is 8. The van der Waals surface area contributed by atoms with Gasteiger partial charge in [-0.15, -0.1) is 11.3 Å². The normalized spacial score (nSPS) is 11.2. The van der Waals surface area contributed by atoms with Crippen LogP contribution in [0.15, 0.2) is 52.9 Å². The number of nitrogens with one attached hydrogen (secondary N) is 1. The van der Waals surface area contributed by atoms with Crippen LogP contribution in [0.4, 0.5) is 10.8 Å². The minimum atomic E-state index is -0.425. The molecule has 0 bridgehead atoms. The zero-order valence-electron chi connectivity index (χ0n) is 15.5. The summed E-state index contributed by atoms with van der Waals surface area (Å²) in [5.41, 5.74) is 5.90. The van der Waals surface area contributed by atoms with E-state index in [9.17, 15) is 10.1 Å². The lowest BCUT2D eigenvalue weighted by Gasteiger charge is -2.09. The molecule has 0 unspecified atom stereocenters. The Hall–Kier alpha value is -3.46. The smallest absolute Gasteiger partial charge is 0.270 e. The van der Waals surface area contributed by atoms with Gasteiger partial charge in [0.25, 0.3) is 5.69 Å². The van der Waals surface area contributed by atoms with Crippen LogP contribution in [0.1, 0.15) is 12.5 Å². The number of aromatic nitrogens is 1. The Bertz CT molecular complexity index is 1030. The second-order valence-corrected chi connectivity index (χ2v) is 6.58. The van der Waals surface area contributed by atoms with Crippen molar-refractivity contribution in [1.29, 1.82) is 0 Å². The predicted octanol–water partition coefficient (Wildman–Crippen LogP) is 4.57. The molecule has 0 spiro atoms. The van der Waals surface area contributed by atoms with E-state index in [2.05, 4.69) is 15.5 Å². The first-order valence-corrected chi connectivity index (χ1v) is 9.13. The van der Waals surface area contributed by atoms with E-state index < -0.39 is 4.92 Å². The van der Waals surface area contributed by atoms with Crippen LogP contribution >= 0.6 is 11.3 Å². The molecule has 0 saturated carbocycles. The Morgan fingerprint density at radius 2 is 1.96 bits per heavy atom. The van der Waals surface area contributed by atoms with Crippen LogP contribution in [-0.2, 0) is 0 Å². The zero-order chi connectivity index (χ0) is 20.1. The molecule has 0 aliphatic rings. The van der Waals surface area contributed by atoms with E-state index in [0.717, 1.165) is 11.3 Å². The standard InChI is InChI=1S/C19H18N4O4S/c1-12(13-7-8-17(26-2)18(10-13)27-3)21-22-19-20-16(11-28-19)14-5-4-6-15(9-14)23(24)25/h4-11H,1-3H3,(H,20,22)/b21-12-. The molecule has 3 rings (SSSR count). The van der Waals surface area contributed by atoms with Gasteiger partial charge in [-0.05, 0) is 25.1 Å². The molecule has 0 aliphatic carbocycles. The van der Waals surface area contributed by atoms with E-state index in [1.165, 1.54) is 23.5 Å². The monoisotopic (exact) mass is 398 g/mol. The molecule has 0 radical (unpaired) electrons. The molecule has 0 atom stereocenters.